The van der Waals surface area contributed by atoms with Crippen LogP contribution in [-0.4, -0.2) is 84.2 Å². The van der Waals surface area contributed by atoms with Gasteiger partial charge in [0.1, 0.15) is 5.82 Å². The minimum Gasteiger partial charge on any atom is -0.467 e. The van der Waals surface area contributed by atoms with Gasteiger partial charge < -0.3 is 24.2 Å². The average Bonchev–Trinajstić information content (AvgIpc) is 3.33. The molecule has 0 spiro atoms. The fourth-order valence-corrected chi connectivity index (χ4v) is 3.94. The third kappa shape index (κ3) is 4.18. The first kappa shape index (κ1) is 20.4. The summed E-state index contributed by atoms with van der Waals surface area (Å²) in [6.45, 7) is 4.30. The van der Waals surface area contributed by atoms with Crippen molar-refractivity contribution in [3.05, 3.63) is 22.8 Å². The number of carbonyl (C=O) groups excluding carboxylic acids is 1. The van der Waals surface area contributed by atoms with Gasteiger partial charge in [-0.2, -0.15) is 9.97 Å². The molecular weight excluding hydrogens is 410 g/mol. The van der Waals surface area contributed by atoms with E-state index in [2.05, 4.69) is 24.8 Å². The number of nitrogens with zero attached hydrogens (tertiary/aromatic N) is 7. The number of likely N-dealkylation sites (tertiary alicyclic amines) is 1. The monoisotopic (exact) mass is 433 g/mol. The van der Waals surface area contributed by atoms with Gasteiger partial charge in [0, 0.05) is 45.5 Å². The quantitative estimate of drug-likeness (QED) is 0.694. The van der Waals surface area contributed by atoms with E-state index in [0.717, 1.165) is 25.9 Å². The number of anilines is 2. The molecule has 0 radical (unpaired) electrons. The fraction of sp³-hybridized carbons (Fsp3) is 0.526. The Balaban J connectivity index is 1.43. The van der Waals surface area contributed by atoms with E-state index in [0.29, 0.717) is 48.5 Å². The maximum atomic E-state index is 12.6. The molecule has 0 atom stereocenters. The molecule has 11 heteroatoms. The van der Waals surface area contributed by atoms with Crippen LogP contribution >= 0.6 is 11.6 Å². The van der Waals surface area contributed by atoms with Crippen LogP contribution < -0.4 is 19.3 Å². The molecular formula is C19H24ClN7O3. The molecule has 2 aliphatic rings. The van der Waals surface area contributed by atoms with Crippen LogP contribution in [0.5, 0.6) is 12.0 Å². The maximum Gasteiger partial charge on any atom is 0.324 e. The zero-order valence-corrected chi connectivity index (χ0v) is 17.8. The topological polar surface area (TPSA) is 96.8 Å². The van der Waals surface area contributed by atoms with E-state index in [1.165, 1.54) is 14.2 Å². The number of rotatable bonds is 5. The van der Waals surface area contributed by atoms with Gasteiger partial charge in [0.2, 0.25) is 5.95 Å². The highest BCUT2D eigenvalue weighted by atomic mass is 35.5. The van der Waals surface area contributed by atoms with E-state index in [1.807, 2.05) is 9.80 Å². The van der Waals surface area contributed by atoms with Gasteiger partial charge >= 0.3 is 12.0 Å². The zero-order valence-electron chi connectivity index (χ0n) is 17.0. The molecule has 0 bridgehead atoms. The molecule has 0 unspecified atom stereocenters. The molecule has 0 aliphatic carbocycles. The Hall–Kier alpha value is -2.88. The molecule has 2 aromatic rings. The summed E-state index contributed by atoms with van der Waals surface area (Å²) in [7, 11) is 3.00. The molecule has 2 aromatic heterocycles. The Kier molecular flexibility index (Phi) is 6.03. The van der Waals surface area contributed by atoms with Gasteiger partial charge in [-0.15, -0.1) is 4.98 Å². The first-order valence-corrected chi connectivity index (χ1v) is 10.3. The maximum absolute atomic E-state index is 12.6. The van der Waals surface area contributed by atoms with Gasteiger partial charge in [-0.05, 0) is 18.9 Å². The van der Waals surface area contributed by atoms with E-state index < -0.39 is 0 Å². The highest BCUT2D eigenvalue weighted by Crippen LogP contribution is 2.27. The molecule has 2 aliphatic heterocycles. The standard InChI is InChI=1S/C19H24ClN7O3/c1-29-18-22-17(23-19(24-18)30-2)27-9-7-25(8-10-27)15-14(20)11-13(12-21-15)16(28)26-5-3-4-6-26/h11-12H,3-10H2,1-2H3. The summed E-state index contributed by atoms with van der Waals surface area (Å²) in [4.78, 5) is 35.7. The van der Waals surface area contributed by atoms with E-state index in [1.54, 1.807) is 12.3 Å². The Morgan fingerprint density at radius 3 is 2.10 bits per heavy atom. The van der Waals surface area contributed by atoms with Crippen LogP contribution in [0.25, 0.3) is 0 Å². The summed E-state index contributed by atoms with van der Waals surface area (Å²) in [5, 5.41) is 0.483. The number of hydrogen-bond acceptors (Lipinski definition) is 9. The lowest BCUT2D eigenvalue weighted by molar-refractivity contribution is 0.0792. The molecule has 0 aromatic carbocycles. The first-order valence-electron chi connectivity index (χ1n) is 9.88. The highest BCUT2D eigenvalue weighted by molar-refractivity contribution is 6.33. The second-order valence-electron chi connectivity index (χ2n) is 7.11. The van der Waals surface area contributed by atoms with Crippen molar-refractivity contribution in [2.45, 2.75) is 12.8 Å². The van der Waals surface area contributed by atoms with Crippen molar-refractivity contribution in [3.63, 3.8) is 0 Å². The molecule has 1 amide bonds. The van der Waals surface area contributed by atoms with Crippen molar-refractivity contribution in [2.24, 2.45) is 0 Å². The SMILES string of the molecule is COc1nc(OC)nc(N2CCN(c3ncc(C(=O)N4CCCC4)cc3Cl)CC2)n1. The molecule has 0 N–H and O–H groups in total. The molecule has 2 saturated heterocycles. The van der Waals surface area contributed by atoms with Gasteiger partial charge in [-0.1, -0.05) is 11.6 Å². The van der Waals surface area contributed by atoms with Crippen molar-refractivity contribution in [1.29, 1.82) is 0 Å². The third-order valence-corrected chi connectivity index (χ3v) is 5.55. The predicted molar refractivity (Wildman–Crippen MR) is 112 cm³/mol. The number of halogens is 1. The third-order valence-electron chi connectivity index (χ3n) is 5.27. The highest BCUT2D eigenvalue weighted by Gasteiger charge is 2.25. The number of hydrogen-bond donors (Lipinski definition) is 0. The molecule has 0 saturated carbocycles. The number of piperazine rings is 1. The van der Waals surface area contributed by atoms with E-state index >= 15 is 0 Å². The molecule has 2 fully saturated rings. The van der Waals surface area contributed by atoms with Crippen LogP contribution in [0.3, 0.4) is 0 Å². The Labute approximate surface area is 179 Å². The second kappa shape index (κ2) is 8.86. The van der Waals surface area contributed by atoms with Crippen LogP contribution in [0.4, 0.5) is 11.8 Å². The predicted octanol–water partition coefficient (Wildman–Crippen LogP) is 1.50. The fourth-order valence-electron chi connectivity index (χ4n) is 3.65. The van der Waals surface area contributed by atoms with Gasteiger partial charge in [-0.25, -0.2) is 4.98 Å². The number of carbonyl (C=O) groups is 1. The number of amides is 1. The van der Waals surface area contributed by atoms with Crippen molar-refractivity contribution >= 4 is 29.3 Å². The van der Waals surface area contributed by atoms with Crippen molar-refractivity contribution in [1.82, 2.24) is 24.8 Å². The Morgan fingerprint density at radius 2 is 1.53 bits per heavy atom. The lowest BCUT2D eigenvalue weighted by Crippen LogP contribution is -2.47. The number of aromatic nitrogens is 4. The van der Waals surface area contributed by atoms with Crippen molar-refractivity contribution in [3.8, 4) is 12.0 Å². The van der Waals surface area contributed by atoms with Gasteiger partial charge in [-0.3, -0.25) is 4.79 Å². The summed E-state index contributed by atoms with van der Waals surface area (Å²) < 4.78 is 10.2. The summed E-state index contributed by atoms with van der Waals surface area (Å²) in [6, 6.07) is 2.14. The summed E-state index contributed by atoms with van der Waals surface area (Å²) in [5.74, 6) is 1.18. The first-order chi connectivity index (χ1) is 14.6. The largest absolute Gasteiger partial charge is 0.467 e. The van der Waals surface area contributed by atoms with Gasteiger partial charge in [0.25, 0.3) is 5.91 Å². The lowest BCUT2D eigenvalue weighted by atomic mass is 10.2. The number of methoxy groups -OCH3 is 2. The van der Waals surface area contributed by atoms with Crippen molar-refractivity contribution < 1.29 is 14.3 Å². The van der Waals surface area contributed by atoms with Gasteiger partial charge in [0.05, 0.1) is 24.8 Å². The Morgan fingerprint density at radius 1 is 0.933 bits per heavy atom. The van der Waals surface area contributed by atoms with Crippen LogP contribution in [0, 0.1) is 0 Å². The minimum absolute atomic E-state index is 0.00370. The van der Waals surface area contributed by atoms with Crippen LogP contribution in [0.2, 0.25) is 5.02 Å². The van der Waals surface area contributed by atoms with Crippen LogP contribution in [0.15, 0.2) is 12.3 Å². The summed E-state index contributed by atoms with van der Waals surface area (Å²) in [5.41, 5.74) is 0.536. The Bertz CT molecular complexity index is 893. The summed E-state index contributed by atoms with van der Waals surface area (Å²) in [6.07, 6.45) is 3.72. The second-order valence-corrected chi connectivity index (χ2v) is 7.52. The van der Waals surface area contributed by atoms with E-state index in [9.17, 15) is 4.79 Å². The van der Waals surface area contributed by atoms with Crippen LogP contribution in [-0.2, 0) is 0 Å². The molecule has 30 heavy (non-hydrogen) atoms. The van der Waals surface area contributed by atoms with E-state index in [4.69, 9.17) is 21.1 Å². The zero-order chi connectivity index (χ0) is 21.1. The number of ether oxygens (including phenoxy) is 2. The minimum atomic E-state index is -0.00370. The van der Waals surface area contributed by atoms with E-state index in [-0.39, 0.29) is 17.9 Å². The van der Waals surface area contributed by atoms with Gasteiger partial charge in [0.15, 0.2) is 0 Å². The summed E-state index contributed by atoms with van der Waals surface area (Å²) >= 11 is 6.49. The van der Waals surface area contributed by atoms with Crippen molar-refractivity contribution in [2.75, 3.05) is 63.3 Å². The van der Waals surface area contributed by atoms with Crippen LogP contribution in [0.1, 0.15) is 23.2 Å². The smallest absolute Gasteiger partial charge is 0.324 e. The molecule has 4 heterocycles. The molecule has 10 nitrogen and oxygen atoms in total. The molecule has 4 rings (SSSR count). The number of pyridine rings is 1. The normalized spacial score (nSPS) is 16.7. The molecule has 160 valence electrons. The average molecular weight is 434 g/mol. The lowest BCUT2D eigenvalue weighted by Gasteiger charge is -2.35.